The minimum atomic E-state index is -0.477. The van der Waals surface area contributed by atoms with Crippen molar-refractivity contribution in [2.75, 3.05) is 16.4 Å². The molecule has 1 heterocycles. The minimum Gasteiger partial charge on any atom is -0.321 e. The van der Waals surface area contributed by atoms with E-state index in [1.165, 1.54) is 18.0 Å². The molecule has 39 heavy (non-hydrogen) atoms. The molecule has 4 rings (SSSR count). The Hall–Kier alpha value is -4.40. The number of hydrogen-bond donors (Lipinski definition) is 3. The van der Waals surface area contributed by atoms with Crippen LogP contribution in [-0.4, -0.2) is 28.5 Å². The van der Waals surface area contributed by atoms with Gasteiger partial charge in [0.05, 0.1) is 10.8 Å². The zero-order chi connectivity index (χ0) is 27.6. The van der Waals surface area contributed by atoms with E-state index in [1.807, 2.05) is 43.3 Å². The fourth-order valence-corrected chi connectivity index (χ4v) is 4.38. The van der Waals surface area contributed by atoms with Crippen molar-refractivity contribution < 1.29 is 14.4 Å². The largest absolute Gasteiger partial charge is 0.321 e. The molecule has 0 aliphatic rings. The van der Waals surface area contributed by atoms with E-state index in [4.69, 9.17) is 11.6 Å². The second kappa shape index (κ2) is 13.4. The summed E-state index contributed by atoms with van der Waals surface area (Å²) in [6, 6.07) is 26.7. The Morgan fingerprint density at radius 1 is 0.897 bits per heavy atom. The van der Waals surface area contributed by atoms with E-state index in [-0.39, 0.29) is 17.4 Å². The monoisotopic (exact) mass is 556 g/mol. The molecule has 7 nitrogen and oxygen atoms in total. The van der Waals surface area contributed by atoms with Crippen LogP contribution >= 0.6 is 23.4 Å². The summed E-state index contributed by atoms with van der Waals surface area (Å²) in [4.78, 5) is 43.3. The number of hydrogen-bond acceptors (Lipinski definition) is 5. The summed E-state index contributed by atoms with van der Waals surface area (Å²) >= 11 is 7.14. The molecular weight excluding hydrogens is 532 g/mol. The van der Waals surface area contributed by atoms with E-state index in [0.717, 1.165) is 16.0 Å². The highest BCUT2D eigenvalue weighted by Gasteiger charge is 2.15. The third-order valence-corrected chi connectivity index (χ3v) is 6.56. The third-order valence-electron chi connectivity index (χ3n) is 5.34. The van der Waals surface area contributed by atoms with Gasteiger partial charge in [-0.05, 0) is 61.0 Å². The number of thioether (sulfide) groups is 1. The van der Waals surface area contributed by atoms with Gasteiger partial charge in [0.2, 0.25) is 5.91 Å². The van der Waals surface area contributed by atoms with E-state index in [1.54, 1.807) is 60.7 Å². The van der Waals surface area contributed by atoms with Crippen molar-refractivity contribution in [2.24, 2.45) is 0 Å². The molecule has 3 N–H and O–H groups in total. The van der Waals surface area contributed by atoms with E-state index in [0.29, 0.717) is 22.1 Å². The SMILES string of the molecule is Cc1cccc(/C=C(/NC(=O)c2ccccc2)C(=O)Nc2cccc(SCC(=O)Nc3ccc(Cl)cn3)c2)c1. The topological polar surface area (TPSA) is 100 Å². The highest BCUT2D eigenvalue weighted by atomic mass is 35.5. The lowest BCUT2D eigenvalue weighted by Crippen LogP contribution is -2.30. The molecule has 0 fully saturated rings. The Morgan fingerprint density at radius 2 is 1.69 bits per heavy atom. The average molecular weight is 557 g/mol. The Balaban J connectivity index is 1.45. The summed E-state index contributed by atoms with van der Waals surface area (Å²) < 4.78 is 0. The van der Waals surface area contributed by atoms with Gasteiger partial charge in [0.1, 0.15) is 11.5 Å². The Morgan fingerprint density at radius 3 is 2.44 bits per heavy atom. The number of pyridine rings is 1. The van der Waals surface area contributed by atoms with Crippen LogP contribution in [0.1, 0.15) is 21.5 Å². The van der Waals surface area contributed by atoms with E-state index >= 15 is 0 Å². The zero-order valence-electron chi connectivity index (χ0n) is 21.0. The van der Waals surface area contributed by atoms with Crippen molar-refractivity contribution >= 4 is 58.7 Å². The molecule has 0 atom stereocenters. The molecule has 3 aromatic carbocycles. The van der Waals surface area contributed by atoms with Crippen LogP contribution in [0, 0.1) is 6.92 Å². The van der Waals surface area contributed by atoms with Crippen LogP contribution in [0.3, 0.4) is 0 Å². The van der Waals surface area contributed by atoms with Crippen LogP contribution in [0.15, 0.2) is 108 Å². The lowest BCUT2D eigenvalue weighted by molar-refractivity contribution is -0.114. The van der Waals surface area contributed by atoms with Crippen LogP contribution in [0.5, 0.6) is 0 Å². The van der Waals surface area contributed by atoms with Gasteiger partial charge in [0.25, 0.3) is 11.8 Å². The van der Waals surface area contributed by atoms with E-state index in [9.17, 15) is 14.4 Å². The summed E-state index contributed by atoms with van der Waals surface area (Å²) in [7, 11) is 0. The van der Waals surface area contributed by atoms with Crippen molar-refractivity contribution in [1.82, 2.24) is 10.3 Å². The van der Waals surface area contributed by atoms with Crippen LogP contribution in [0.4, 0.5) is 11.5 Å². The summed E-state index contributed by atoms with van der Waals surface area (Å²) in [5.41, 5.74) is 2.86. The molecule has 1 aromatic heterocycles. The first-order chi connectivity index (χ1) is 18.9. The summed E-state index contributed by atoms with van der Waals surface area (Å²) in [5.74, 6) is -0.537. The molecule has 4 aromatic rings. The molecule has 0 aliphatic heterocycles. The number of nitrogens with zero attached hydrogens (tertiary/aromatic N) is 1. The number of amides is 3. The van der Waals surface area contributed by atoms with Crippen molar-refractivity contribution in [3.63, 3.8) is 0 Å². The number of aryl methyl sites for hydroxylation is 1. The molecule has 0 saturated carbocycles. The van der Waals surface area contributed by atoms with Crippen LogP contribution in [0.2, 0.25) is 5.02 Å². The lowest BCUT2D eigenvalue weighted by Gasteiger charge is -2.12. The fraction of sp³-hybridized carbons (Fsp3) is 0.0667. The number of rotatable bonds is 9. The minimum absolute atomic E-state index is 0.0994. The second-order valence-electron chi connectivity index (χ2n) is 8.47. The Bertz CT molecular complexity index is 1510. The van der Waals surface area contributed by atoms with Crippen LogP contribution in [0.25, 0.3) is 6.08 Å². The third kappa shape index (κ3) is 8.56. The maximum absolute atomic E-state index is 13.3. The molecule has 0 spiro atoms. The van der Waals surface area contributed by atoms with Gasteiger partial charge in [-0.25, -0.2) is 4.98 Å². The number of nitrogens with one attached hydrogen (secondary N) is 3. The Labute approximate surface area is 235 Å². The normalized spacial score (nSPS) is 11.0. The van der Waals surface area contributed by atoms with E-state index < -0.39 is 11.8 Å². The van der Waals surface area contributed by atoms with Crippen molar-refractivity contribution in [3.8, 4) is 0 Å². The highest BCUT2D eigenvalue weighted by molar-refractivity contribution is 8.00. The van der Waals surface area contributed by atoms with Crippen molar-refractivity contribution in [1.29, 1.82) is 0 Å². The first kappa shape index (κ1) is 27.6. The molecule has 0 unspecified atom stereocenters. The number of carbonyl (C=O) groups is 3. The molecule has 9 heteroatoms. The second-order valence-corrected chi connectivity index (χ2v) is 9.96. The van der Waals surface area contributed by atoms with Gasteiger partial charge in [-0.1, -0.05) is 65.7 Å². The van der Waals surface area contributed by atoms with E-state index in [2.05, 4.69) is 20.9 Å². The average Bonchev–Trinajstić information content (AvgIpc) is 2.93. The first-order valence-corrected chi connectivity index (χ1v) is 13.3. The van der Waals surface area contributed by atoms with Crippen LogP contribution < -0.4 is 16.0 Å². The number of carbonyl (C=O) groups excluding carboxylic acids is 3. The standard InChI is InChI=1S/C30H25ClN4O3S/c1-20-7-5-8-21(15-20)16-26(34-29(37)22-9-3-2-4-10-22)30(38)33-24-11-6-12-25(17-24)39-19-28(36)35-27-14-13-23(31)18-32-27/h2-18H,19H2,1H3,(H,33,38)(H,34,37)(H,32,35,36)/b26-16+. The maximum Gasteiger partial charge on any atom is 0.272 e. The molecule has 0 bridgehead atoms. The quantitative estimate of drug-likeness (QED) is 0.169. The maximum atomic E-state index is 13.3. The summed E-state index contributed by atoms with van der Waals surface area (Å²) in [5, 5.41) is 8.79. The predicted molar refractivity (Wildman–Crippen MR) is 157 cm³/mol. The van der Waals surface area contributed by atoms with Gasteiger partial charge in [-0.15, -0.1) is 11.8 Å². The molecule has 3 amide bonds. The number of halogens is 1. The predicted octanol–water partition coefficient (Wildman–Crippen LogP) is 6.18. The van der Waals surface area contributed by atoms with Crippen molar-refractivity contribution in [2.45, 2.75) is 11.8 Å². The van der Waals surface area contributed by atoms with Gasteiger partial charge >= 0.3 is 0 Å². The number of benzene rings is 3. The number of anilines is 2. The molecule has 0 aliphatic carbocycles. The summed E-state index contributed by atoms with van der Waals surface area (Å²) in [6.07, 6.45) is 3.09. The summed E-state index contributed by atoms with van der Waals surface area (Å²) in [6.45, 7) is 1.95. The fourth-order valence-electron chi connectivity index (χ4n) is 3.51. The Kier molecular flexibility index (Phi) is 9.50. The van der Waals surface area contributed by atoms with Gasteiger partial charge in [-0.2, -0.15) is 0 Å². The highest BCUT2D eigenvalue weighted by Crippen LogP contribution is 2.22. The molecular formula is C30H25ClN4O3S. The molecule has 0 saturated heterocycles. The van der Waals surface area contributed by atoms with Gasteiger partial charge < -0.3 is 16.0 Å². The molecule has 196 valence electrons. The smallest absolute Gasteiger partial charge is 0.272 e. The molecule has 0 radical (unpaired) electrons. The van der Waals surface area contributed by atoms with Crippen LogP contribution in [-0.2, 0) is 9.59 Å². The van der Waals surface area contributed by atoms with Gasteiger partial charge in [0.15, 0.2) is 0 Å². The van der Waals surface area contributed by atoms with Crippen molar-refractivity contribution in [3.05, 3.63) is 125 Å². The number of aromatic nitrogens is 1. The lowest BCUT2D eigenvalue weighted by atomic mass is 10.1. The zero-order valence-corrected chi connectivity index (χ0v) is 22.6. The first-order valence-electron chi connectivity index (χ1n) is 12.0. The van der Waals surface area contributed by atoms with Gasteiger partial charge in [0, 0.05) is 22.3 Å². The van der Waals surface area contributed by atoms with Gasteiger partial charge in [-0.3, -0.25) is 14.4 Å².